The van der Waals surface area contributed by atoms with Gasteiger partial charge in [-0.05, 0) is 76.0 Å². The Morgan fingerprint density at radius 1 is 1.12 bits per heavy atom. The number of nitrogens with zero attached hydrogens (tertiary/aromatic N) is 4. The van der Waals surface area contributed by atoms with Gasteiger partial charge in [0.25, 0.3) is 5.56 Å². The molecule has 1 atom stereocenters. The number of aliphatic hydroxyl groups is 1. The third-order valence-electron chi connectivity index (χ3n) is 6.46. The molecule has 1 aromatic carbocycles. The van der Waals surface area contributed by atoms with E-state index in [0.717, 1.165) is 56.0 Å². The Balaban J connectivity index is 1.40. The van der Waals surface area contributed by atoms with Gasteiger partial charge in [-0.3, -0.25) is 9.36 Å². The first-order valence-corrected chi connectivity index (χ1v) is 12.0. The highest BCUT2D eigenvalue weighted by Crippen LogP contribution is 2.39. The van der Waals surface area contributed by atoms with E-state index in [0.29, 0.717) is 10.2 Å². The summed E-state index contributed by atoms with van der Waals surface area (Å²) in [6.07, 6.45) is 4.78. The van der Waals surface area contributed by atoms with E-state index in [9.17, 15) is 9.90 Å². The number of hydrogen-bond acceptors (Lipinski definition) is 6. The molecule has 2 aromatic heterocycles. The van der Waals surface area contributed by atoms with Gasteiger partial charge in [-0.1, -0.05) is 11.8 Å². The summed E-state index contributed by atoms with van der Waals surface area (Å²) in [5.74, 6) is 6.30. The molecule has 1 aliphatic carbocycles. The van der Waals surface area contributed by atoms with Gasteiger partial charge < -0.3 is 14.9 Å². The van der Waals surface area contributed by atoms with Crippen LogP contribution in [0.2, 0.25) is 0 Å². The Morgan fingerprint density at radius 2 is 1.88 bits per heavy atom. The zero-order valence-corrected chi connectivity index (χ0v) is 19.4. The lowest BCUT2D eigenvalue weighted by Gasteiger charge is -2.23. The average molecular weight is 449 g/mol. The van der Waals surface area contributed by atoms with Crippen LogP contribution in [0, 0.1) is 17.8 Å². The molecule has 7 heteroatoms. The second-order valence-electron chi connectivity index (χ2n) is 9.08. The van der Waals surface area contributed by atoms with Gasteiger partial charge in [-0.25, -0.2) is 4.98 Å². The van der Waals surface area contributed by atoms with Crippen molar-refractivity contribution in [2.45, 2.75) is 31.8 Å². The summed E-state index contributed by atoms with van der Waals surface area (Å²) in [5.41, 5.74) is 1.58. The molecule has 5 rings (SSSR count). The molecule has 6 nitrogen and oxygen atoms in total. The summed E-state index contributed by atoms with van der Waals surface area (Å²) in [7, 11) is 2.17. The number of thiophene rings is 1. The quantitative estimate of drug-likeness (QED) is 0.624. The number of benzene rings is 1. The predicted octanol–water partition coefficient (Wildman–Crippen LogP) is 3.10. The molecule has 166 valence electrons. The van der Waals surface area contributed by atoms with Crippen LogP contribution in [0.1, 0.15) is 31.1 Å². The lowest BCUT2D eigenvalue weighted by molar-refractivity contribution is 0.0980. The zero-order valence-electron chi connectivity index (χ0n) is 18.5. The molecule has 0 radical (unpaired) electrons. The largest absolute Gasteiger partial charge is 0.378 e. The molecule has 1 saturated heterocycles. The minimum absolute atomic E-state index is 0.0915. The maximum atomic E-state index is 13.1. The van der Waals surface area contributed by atoms with Crippen molar-refractivity contribution < 1.29 is 5.11 Å². The number of anilines is 1. The van der Waals surface area contributed by atoms with Crippen molar-refractivity contribution in [2.24, 2.45) is 5.92 Å². The number of likely N-dealkylation sites (N-methyl/N-ethyl adjacent to an activating group) is 1. The topological polar surface area (TPSA) is 61.6 Å². The molecule has 0 spiro atoms. The van der Waals surface area contributed by atoms with Gasteiger partial charge in [0.05, 0.1) is 16.1 Å². The number of rotatable bonds is 3. The van der Waals surface area contributed by atoms with Crippen LogP contribution in [-0.4, -0.2) is 58.4 Å². The maximum Gasteiger partial charge on any atom is 0.275 e. The Morgan fingerprint density at radius 3 is 2.62 bits per heavy atom. The highest BCUT2D eigenvalue weighted by molar-refractivity contribution is 7.19. The van der Waals surface area contributed by atoms with Gasteiger partial charge in [0.1, 0.15) is 16.6 Å². The molecule has 1 saturated carbocycles. The maximum absolute atomic E-state index is 13.1. The van der Waals surface area contributed by atoms with Gasteiger partial charge in [-0.15, -0.1) is 11.3 Å². The molecule has 2 fully saturated rings. The molecule has 2 aliphatic rings. The van der Waals surface area contributed by atoms with E-state index in [1.165, 1.54) is 17.0 Å². The highest BCUT2D eigenvalue weighted by Gasteiger charge is 2.38. The Kier molecular flexibility index (Phi) is 5.54. The first-order chi connectivity index (χ1) is 15.4. The van der Waals surface area contributed by atoms with Crippen molar-refractivity contribution in [3.05, 3.63) is 51.9 Å². The van der Waals surface area contributed by atoms with Crippen molar-refractivity contribution in [3.63, 3.8) is 0 Å². The second-order valence-corrected chi connectivity index (χ2v) is 10.1. The zero-order chi connectivity index (χ0) is 22.3. The van der Waals surface area contributed by atoms with Gasteiger partial charge in [0, 0.05) is 25.3 Å². The average Bonchev–Trinajstić information content (AvgIpc) is 3.59. The van der Waals surface area contributed by atoms with Crippen LogP contribution in [0.4, 0.5) is 5.69 Å². The lowest BCUT2D eigenvalue weighted by atomic mass is 10.0. The third-order valence-corrected chi connectivity index (χ3v) is 7.49. The Labute approximate surface area is 192 Å². The Hall–Kier alpha value is -2.66. The monoisotopic (exact) mass is 448 g/mol. The van der Waals surface area contributed by atoms with Crippen LogP contribution in [0.15, 0.2) is 41.5 Å². The number of hydrogen-bond donors (Lipinski definition) is 1. The molecule has 0 bridgehead atoms. The van der Waals surface area contributed by atoms with Crippen molar-refractivity contribution in [2.75, 3.05) is 38.1 Å². The van der Waals surface area contributed by atoms with E-state index in [2.05, 4.69) is 45.8 Å². The van der Waals surface area contributed by atoms with E-state index in [1.54, 1.807) is 17.8 Å². The van der Waals surface area contributed by atoms with Crippen LogP contribution in [0.25, 0.3) is 15.9 Å². The molecule has 32 heavy (non-hydrogen) atoms. The van der Waals surface area contributed by atoms with Gasteiger partial charge >= 0.3 is 0 Å². The minimum Gasteiger partial charge on any atom is -0.378 e. The molecule has 1 unspecified atom stereocenters. The second kappa shape index (κ2) is 8.36. The lowest BCUT2D eigenvalue weighted by Crippen LogP contribution is -2.28. The fourth-order valence-electron chi connectivity index (χ4n) is 4.22. The van der Waals surface area contributed by atoms with Crippen LogP contribution < -0.4 is 10.5 Å². The van der Waals surface area contributed by atoms with E-state index in [4.69, 9.17) is 0 Å². The van der Waals surface area contributed by atoms with E-state index in [-0.39, 0.29) is 11.5 Å². The van der Waals surface area contributed by atoms with Gasteiger partial charge in [0.15, 0.2) is 0 Å². The van der Waals surface area contributed by atoms with Crippen LogP contribution in [0.5, 0.6) is 0 Å². The fraction of sp³-hybridized carbons (Fsp3) is 0.440. The molecule has 0 amide bonds. The molecule has 1 aliphatic heterocycles. The normalized spacial score (nSPS) is 19.3. The summed E-state index contributed by atoms with van der Waals surface area (Å²) in [4.78, 5) is 23.2. The third kappa shape index (κ3) is 4.31. The molecule has 3 aromatic rings. The summed E-state index contributed by atoms with van der Waals surface area (Å²) in [6.45, 7) is 6.01. The van der Waals surface area contributed by atoms with E-state index < -0.39 is 5.60 Å². The molecular formula is C25H28N4O2S. The summed E-state index contributed by atoms with van der Waals surface area (Å²) >= 11 is 1.34. The SMILES string of the molecule is CN1CCCN(c2ccc(-n3cnc4cc(C#CC(C)(O)C5CC5)sc4c3=O)cc2)CC1. The summed E-state index contributed by atoms with van der Waals surface area (Å²) in [5, 5.41) is 10.4. The van der Waals surface area contributed by atoms with Gasteiger partial charge in [0.2, 0.25) is 0 Å². The summed E-state index contributed by atoms with van der Waals surface area (Å²) in [6, 6.07) is 9.98. The predicted molar refractivity (Wildman–Crippen MR) is 130 cm³/mol. The highest BCUT2D eigenvalue weighted by atomic mass is 32.1. The Bertz CT molecular complexity index is 1240. The molecule has 3 heterocycles. The fourth-order valence-corrected chi connectivity index (χ4v) is 5.12. The van der Waals surface area contributed by atoms with Crippen LogP contribution in [-0.2, 0) is 0 Å². The van der Waals surface area contributed by atoms with Crippen molar-refractivity contribution in [3.8, 4) is 17.5 Å². The standard InChI is InChI=1S/C25H28N4O2S/c1-25(31,18-4-5-18)11-10-21-16-22-23(32-21)24(30)29(17-26-22)20-8-6-19(7-9-20)28-13-3-12-27(2)14-15-28/h6-9,16-18,31H,3-5,12-15H2,1-2H3. The van der Waals surface area contributed by atoms with E-state index in [1.807, 2.05) is 18.2 Å². The number of fused-ring (bicyclic) bond motifs is 1. The molecule has 1 N–H and O–H groups in total. The van der Waals surface area contributed by atoms with Crippen LogP contribution >= 0.6 is 11.3 Å². The smallest absolute Gasteiger partial charge is 0.275 e. The van der Waals surface area contributed by atoms with Crippen molar-refractivity contribution in [1.82, 2.24) is 14.5 Å². The van der Waals surface area contributed by atoms with Crippen molar-refractivity contribution in [1.29, 1.82) is 0 Å². The first-order valence-electron chi connectivity index (χ1n) is 11.2. The van der Waals surface area contributed by atoms with E-state index >= 15 is 0 Å². The first kappa shape index (κ1) is 21.2. The number of aromatic nitrogens is 2. The summed E-state index contributed by atoms with van der Waals surface area (Å²) < 4.78 is 2.18. The van der Waals surface area contributed by atoms with Crippen molar-refractivity contribution >= 4 is 27.2 Å². The molecular weight excluding hydrogens is 420 g/mol. The minimum atomic E-state index is -0.964. The van der Waals surface area contributed by atoms with Crippen LogP contribution in [0.3, 0.4) is 0 Å². The van der Waals surface area contributed by atoms with Gasteiger partial charge in [-0.2, -0.15) is 0 Å².